The molecule has 2 amide bonds. The molecule has 3 rings (SSSR count). The Bertz CT molecular complexity index is 857. The minimum absolute atomic E-state index is 0.0806. The van der Waals surface area contributed by atoms with Gasteiger partial charge in [-0.2, -0.15) is 0 Å². The van der Waals surface area contributed by atoms with E-state index in [0.717, 1.165) is 21.8 Å². The average Bonchev–Trinajstić information content (AvgIpc) is 3.15. The molecule has 2 aromatic carbocycles. The number of hydrogen-bond donors (Lipinski definition) is 1. The molecular formula is C21H23N3OS. The van der Waals surface area contributed by atoms with Crippen LogP contribution in [0.4, 0.5) is 10.5 Å². The third kappa shape index (κ3) is 4.49. The summed E-state index contributed by atoms with van der Waals surface area (Å²) in [6.45, 7) is 6.48. The van der Waals surface area contributed by atoms with Crippen molar-refractivity contribution in [3.63, 3.8) is 0 Å². The number of carbonyl (C=O) groups is 1. The number of anilines is 1. The van der Waals surface area contributed by atoms with Crippen LogP contribution in [0.3, 0.4) is 0 Å². The molecule has 0 bridgehead atoms. The Hall–Kier alpha value is -2.66. The van der Waals surface area contributed by atoms with E-state index in [-0.39, 0.29) is 12.1 Å². The number of aryl methyl sites for hydroxylation is 1. The quantitative estimate of drug-likeness (QED) is 0.672. The molecule has 134 valence electrons. The van der Waals surface area contributed by atoms with E-state index in [2.05, 4.69) is 16.4 Å². The minimum Gasteiger partial charge on any atom is -0.336 e. The van der Waals surface area contributed by atoms with Crippen molar-refractivity contribution in [2.75, 3.05) is 4.90 Å². The van der Waals surface area contributed by atoms with Gasteiger partial charge in [0.05, 0.1) is 6.54 Å². The summed E-state index contributed by atoms with van der Waals surface area (Å²) in [6.07, 6.45) is 1.81. The highest BCUT2D eigenvalue weighted by Crippen LogP contribution is 2.24. The molecule has 1 N–H and O–H groups in total. The Labute approximate surface area is 158 Å². The number of benzene rings is 2. The maximum atomic E-state index is 12.8. The molecule has 1 heterocycles. The largest absolute Gasteiger partial charge is 0.336 e. The summed E-state index contributed by atoms with van der Waals surface area (Å²) in [5, 5.41) is 5.95. The molecule has 0 atom stereocenters. The van der Waals surface area contributed by atoms with E-state index in [1.807, 2.05) is 68.6 Å². The molecule has 0 aliphatic carbocycles. The molecule has 0 saturated heterocycles. The van der Waals surface area contributed by atoms with Crippen LogP contribution in [-0.2, 0) is 6.54 Å². The third-order valence-corrected chi connectivity index (χ3v) is 4.77. The van der Waals surface area contributed by atoms with Crippen LogP contribution < -0.4 is 10.2 Å². The molecule has 0 radical (unpaired) electrons. The Morgan fingerprint density at radius 2 is 1.96 bits per heavy atom. The molecule has 0 aliphatic rings. The van der Waals surface area contributed by atoms with E-state index in [1.54, 1.807) is 22.4 Å². The first-order valence-corrected chi connectivity index (χ1v) is 9.54. The predicted octanol–water partition coefficient (Wildman–Crippen LogP) is 5.24. The lowest BCUT2D eigenvalue weighted by molar-refractivity contribution is 0.243. The molecule has 26 heavy (non-hydrogen) atoms. The van der Waals surface area contributed by atoms with Gasteiger partial charge >= 0.3 is 6.03 Å². The van der Waals surface area contributed by atoms with Gasteiger partial charge in [0.25, 0.3) is 0 Å². The molecule has 0 unspecified atom stereocenters. The Balaban J connectivity index is 1.89. The summed E-state index contributed by atoms with van der Waals surface area (Å²) in [4.78, 5) is 18.9. The van der Waals surface area contributed by atoms with E-state index >= 15 is 0 Å². The first kappa shape index (κ1) is 18.1. The maximum absolute atomic E-state index is 12.8. The average molecular weight is 366 g/mol. The lowest BCUT2D eigenvalue weighted by Gasteiger charge is -2.25. The molecule has 0 saturated carbocycles. The van der Waals surface area contributed by atoms with Gasteiger partial charge in [0.2, 0.25) is 0 Å². The lowest BCUT2D eigenvalue weighted by Crippen LogP contribution is -2.42. The topological polar surface area (TPSA) is 45.2 Å². The number of thiazole rings is 1. The molecule has 3 aromatic rings. The van der Waals surface area contributed by atoms with Crippen LogP contribution in [0.25, 0.3) is 10.6 Å². The van der Waals surface area contributed by atoms with Crippen LogP contribution in [0.15, 0.2) is 60.1 Å². The van der Waals surface area contributed by atoms with Gasteiger partial charge in [-0.1, -0.05) is 35.9 Å². The van der Waals surface area contributed by atoms with E-state index in [1.165, 1.54) is 5.56 Å². The zero-order valence-electron chi connectivity index (χ0n) is 15.3. The number of urea groups is 1. The minimum atomic E-state index is -0.0940. The highest BCUT2D eigenvalue weighted by molar-refractivity contribution is 7.13. The van der Waals surface area contributed by atoms with Gasteiger partial charge in [0, 0.05) is 28.9 Å². The maximum Gasteiger partial charge on any atom is 0.322 e. The second-order valence-electron chi connectivity index (χ2n) is 6.56. The normalized spacial score (nSPS) is 10.8. The van der Waals surface area contributed by atoms with Crippen LogP contribution in [0.5, 0.6) is 0 Å². The van der Waals surface area contributed by atoms with Crippen LogP contribution in [0, 0.1) is 6.92 Å². The van der Waals surface area contributed by atoms with Crippen molar-refractivity contribution in [2.24, 2.45) is 0 Å². The highest BCUT2D eigenvalue weighted by atomic mass is 32.1. The van der Waals surface area contributed by atoms with E-state index in [9.17, 15) is 4.79 Å². The summed E-state index contributed by atoms with van der Waals surface area (Å²) in [5.41, 5.74) is 4.19. The first-order valence-electron chi connectivity index (χ1n) is 8.66. The molecule has 5 heteroatoms. The fourth-order valence-electron chi connectivity index (χ4n) is 2.68. The van der Waals surface area contributed by atoms with Crippen LogP contribution >= 0.6 is 11.3 Å². The van der Waals surface area contributed by atoms with Gasteiger partial charge in [-0.15, -0.1) is 11.3 Å². The summed E-state index contributed by atoms with van der Waals surface area (Å²) in [7, 11) is 0. The number of rotatable bonds is 5. The smallest absolute Gasteiger partial charge is 0.322 e. The highest BCUT2D eigenvalue weighted by Gasteiger charge is 2.17. The zero-order valence-corrected chi connectivity index (χ0v) is 16.1. The van der Waals surface area contributed by atoms with Crippen LogP contribution in [-0.4, -0.2) is 17.1 Å². The van der Waals surface area contributed by atoms with Gasteiger partial charge in [-0.25, -0.2) is 9.78 Å². The summed E-state index contributed by atoms with van der Waals surface area (Å²) in [5.74, 6) is 0. The number of carbonyl (C=O) groups excluding carboxylic acids is 1. The number of amides is 2. The van der Waals surface area contributed by atoms with E-state index < -0.39 is 0 Å². The fourth-order valence-corrected chi connectivity index (χ4v) is 3.32. The zero-order chi connectivity index (χ0) is 18.5. The summed E-state index contributed by atoms with van der Waals surface area (Å²) in [6, 6.07) is 16.2. The predicted molar refractivity (Wildman–Crippen MR) is 109 cm³/mol. The number of nitrogens with one attached hydrogen (secondary N) is 1. The number of nitrogens with zero attached hydrogens (tertiary/aromatic N) is 2. The first-order chi connectivity index (χ1) is 12.5. The van der Waals surface area contributed by atoms with Crippen LogP contribution in [0.1, 0.15) is 25.0 Å². The van der Waals surface area contributed by atoms with Gasteiger partial charge < -0.3 is 5.32 Å². The van der Waals surface area contributed by atoms with Gasteiger partial charge in [0.15, 0.2) is 0 Å². The molecule has 4 nitrogen and oxygen atoms in total. The second-order valence-corrected chi connectivity index (χ2v) is 7.46. The Kier molecular flexibility index (Phi) is 5.68. The molecular weight excluding hydrogens is 342 g/mol. The van der Waals surface area contributed by atoms with Crippen molar-refractivity contribution in [3.8, 4) is 10.6 Å². The van der Waals surface area contributed by atoms with Crippen molar-refractivity contribution in [2.45, 2.75) is 33.4 Å². The van der Waals surface area contributed by atoms with Crippen molar-refractivity contribution in [1.82, 2.24) is 10.3 Å². The SMILES string of the molecule is Cc1ccc(N(Cc2cccc(-c3nccs3)c2)C(=O)NC(C)C)cc1. The molecule has 0 aliphatic heterocycles. The van der Waals surface area contributed by atoms with Gasteiger partial charge in [-0.3, -0.25) is 4.90 Å². The Morgan fingerprint density at radius 1 is 1.19 bits per heavy atom. The van der Waals surface area contributed by atoms with Crippen molar-refractivity contribution in [3.05, 3.63) is 71.2 Å². The lowest BCUT2D eigenvalue weighted by atomic mass is 10.1. The van der Waals surface area contributed by atoms with Gasteiger partial charge in [-0.05, 0) is 44.5 Å². The van der Waals surface area contributed by atoms with Crippen molar-refractivity contribution < 1.29 is 4.79 Å². The van der Waals surface area contributed by atoms with E-state index in [0.29, 0.717) is 6.54 Å². The number of hydrogen-bond acceptors (Lipinski definition) is 3. The van der Waals surface area contributed by atoms with E-state index in [4.69, 9.17) is 0 Å². The second kappa shape index (κ2) is 8.15. The molecule has 0 spiro atoms. The fraction of sp³-hybridized carbons (Fsp3) is 0.238. The molecule has 1 aromatic heterocycles. The number of aromatic nitrogens is 1. The standard InChI is InChI=1S/C21H23N3OS/c1-15(2)23-21(25)24(19-9-7-16(3)8-10-19)14-17-5-4-6-18(13-17)20-22-11-12-26-20/h4-13,15H,14H2,1-3H3,(H,23,25). The summed E-state index contributed by atoms with van der Waals surface area (Å²) >= 11 is 1.61. The monoisotopic (exact) mass is 365 g/mol. The van der Waals surface area contributed by atoms with Crippen molar-refractivity contribution in [1.29, 1.82) is 0 Å². The third-order valence-electron chi connectivity index (χ3n) is 3.95. The van der Waals surface area contributed by atoms with Crippen molar-refractivity contribution >= 4 is 23.1 Å². The van der Waals surface area contributed by atoms with Gasteiger partial charge in [0.1, 0.15) is 5.01 Å². The Morgan fingerprint density at radius 3 is 2.62 bits per heavy atom. The van der Waals surface area contributed by atoms with Crippen LogP contribution in [0.2, 0.25) is 0 Å². The molecule has 0 fully saturated rings. The summed E-state index contributed by atoms with van der Waals surface area (Å²) < 4.78 is 0.